The van der Waals surface area contributed by atoms with Crippen LogP contribution in [-0.4, -0.2) is 32.0 Å². The van der Waals surface area contributed by atoms with E-state index in [4.69, 9.17) is 11.6 Å². The molecule has 0 radical (unpaired) electrons. The Morgan fingerprint density at radius 2 is 1.94 bits per heavy atom. The van der Waals surface area contributed by atoms with Crippen LogP contribution in [0.25, 0.3) is 11.3 Å². The minimum atomic E-state index is -0.176. The van der Waals surface area contributed by atoms with Crippen molar-refractivity contribution in [3.8, 4) is 11.3 Å². The van der Waals surface area contributed by atoms with Crippen molar-refractivity contribution >= 4 is 40.7 Å². The zero-order valence-corrected chi connectivity index (χ0v) is 19.8. The van der Waals surface area contributed by atoms with E-state index in [1.54, 1.807) is 42.6 Å². The maximum Gasteiger partial charge on any atom is 0.251 e. The van der Waals surface area contributed by atoms with Crippen LogP contribution in [0.3, 0.4) is 0 Å². The summed E-state index contributed by atoms with van der Waals surface area (Å²) < 4.78 is 0. The lowest BCUT2D eigenvalue weighted by atomic mass is 10.1. The van der Waals surface area contributed by atoms with E-state index in [9.17, 15) is 9.59 Å². The number of aromatic amines is 1. The third kappa shape index (κ3) is 4.71. The number of nitrogens with zero attached hydrogens (tertiary/aromatic N) is 3. The SMILES string of the molecule is Cc1n[nH]c(C)c1CNC(=O)c1ccc(Nc2ncc3c(n2)-c2ccc(Cl)cc2NC(=O)C3)cc1. The van der Waals surface area contributed by atoms with Crippen molar-refractivity contribution in [3.05, 3.63) is 81.8 Å². The number of amides is 2. The largest absolute Gasteiger partial charge is 0.348 e. The van der Waals surface area contributed by atoms with E-state index in [-0.39, 0.29) is 18.2 Å². The lowest BCUT2D eigenvalue weighted by Crippen LogP contribution is -2.23. The molecule has 0 fully saturated rings. The fourth-order valence-electron chi connectivity index (χ4n) is 3.96. The van der Waals surface area contributed by atoms with Gasteiger partial charge in [0.25, 0.3) is 5.91 Å². The number of hydrogen-bond acceptors (Lipinski definition) is 6. The molecule has 0 saturated heterocycles. The number of carbonyl (C=O) groups is 2. The maximum absolute atomic E-state index is 12.6. The molecule has 10 heteroatoms. The molecule has 0 aliphatic carbocycles. The lowest BCUT2D eigenvalue weighted by Gasteiger charge is -2.11. The monoisotopic (exact) mass is 487 g/mol. The molecule has 4 aromatic rings. The Bertz CT molecular complexity index is 1430. The number of H-pyrrole nitrogens is 1. The van der Waals surface area contributed by atoms with Gasteiger partial charge in [-0.15, -0.1) is 0 Å². The predicted molar refractivity (Wildman–Crippen MR) is 134 cm³/mol. The van der Waals surface area contributed by atoms with Crippen molar-refractivity contribution in [2.24, 2.45) is 0 Å². The summed E-state index contributed by atoms with van der Waals surface area (Å²) in [5.74, 6) is 0.0518. The number of hydrogen-bond donors (Lipinski definition) is 4. The van der Waals surface area contributed by atoms with E-state index in [0.717, 1.165) is 33.8 Å². The number of aromatic nitrogens is 4. The fraction of sp³-hybridized carbons (Fsp3) is 0.160. The second-order valence-electron chi connectivity index (χ2n) is 8.28. The van der Waals surface area contributed by atoms with Crippen LogP contribution < -0.4 is 16.0 Å². The number of carbonyl (C=O) groups excluding carboxylic acids is 2. The number of halogens is 1. The summed E-state index contributed by atoms with van der Waals surface area (Å²) in [6, 6.07) is 12.3. The first-order valence-electron chi connectivity index (χ1n) is 11.0. The van der Waals surface area contributed by atoms with Crippen molar-refractivity contribution in [1.29, 1.82) is 0 Å². The molecule has 2 aromatic carbocycles. The minimum Gasteiger partial charge on any atom is -0.348 e. The third-order valence-corrected chi connectivity index (χ3v) is 6.07. The first kappa shape index (κ1) is 22.5. The van der Waals surface area contributed by atoms with Gasteiger partial charge in [-0.3, -0.25) is 14.7 Å². The summed E-state index contributed by atoms with van der Waals surface area (Å²) in [6.45, 7) is 4.23. The molecular formula is C25H22ClN7O2. The Morgan fingerprint density at radius 1 is 1.14 bits per heavy atom. The van der Waals surface area contributed by atoms with E-state index in [1.165, 1.54) is 0 Å². The van der Waals surface area contributed by atoms with Crippen LogP contribution in [0.5, 0.6) is 0 Å². The van der Waals surface area contributed by atoms with Gasteiger partial charge in [-0.2, -0.15) is 5.10 Å². The highest BCUT2D eigenvalue weighted by Gasteiger charge is 2.21. The summed E-state index contributed by atoms with van der Waals surface area (Å²) >= 11 is 6.11. The summed E-state index contributed by atoms with van der Waals surface area (Å²) in [5, 5.41) is 16.5. The topological polar surface area (TPSA) is 125 Å². The van der Waals surface area contributed by atoms with Gasteiger partial charge in [0, 0.05) is 51.4 Å². The van der Waals surface area contributed by atoms with Gasteiger partial charge >= 0.3 is 0 Å². The standard InChI is InChI=1S/C25H22ClN7O2/c1-13-20(14(2)33-32-13)12-27-24(35)15-3-6-18(7-4-15)29-25-28-11-16-9-22(34)30-21-10-17(26)5-8-19(21)23(16)31-25/h3-8,10-11H,9,12H2,1-2H3,(H,27,35)(H,30,34)(H,32,33)(H,28,29,31). The van der Waals surface area contributed by atoms with Gasteiger partial charge in [-0.05, 0) is 56.3 Å². The average Bonchev–Trinajstić information content (AvgIpc) is 3.08. The Labute approximate surface area is 206 Å². The molecule has 0 atom stereocenters. The van der Waals surface area contributed by atoms with Crippen molar-refractivity contribution in [2.75, 3.05) is 10.6 Å². The lowest BCUT2D eigenvalue weighted by molar-refractivity contribution is -0.115. The van der Waals surface area contributed by atoms with Crippen LogP contribution in [0.4, 0.5) is 17.3 Å². The third-order valence-electron chi connectivity index (χ3n) is 5.84. The van der Waals surface area contributed by atoms with Gasteiger partial charge in [0.1, 0.15) is 0 Å². The first-order chi connectivity index (χ1) is 16.9. The minimum absolute atomic E-state index is 0.150. The quantitative estimate of drug-likeness (QED) is 0.332. The van der Waals surface area contributed by atoms with E-state index >= 15 is 0 Å². The van der Waals surface area contributed by atoms with Crippen molar-refractivity contribution < 1.29 is 9.59 Å². The Kier molecular flexibility index (Phi) is 5.92. The smallest absolute Gasteiger partial charge is 0.251 e. The number of aryl methyl sites for hydroxylation is 2. The van der Waals surface area contributed by atoms with Gasteiger partial charge in [-0.1, -0.05) is 11.6 Å². The first-order valence-corrected chi connectivity index (χ1v) is 11.4. The second kappa shape index (κ2) is 9.19. The van der Waals surface area contributed by atoms with E-state index in [0.29, 0.717) is 34.5 Å². The summed E-state index contributed by atoms with van der Waals surface area (Å²) in [6.07, 6.45) is 1.82. The summed E-state index contributed by atoms with van der Waals surface area (Å²) in [5.41, 5.74) is 6.82. The van der Waals surface area contributed by atoms with Crippen LogP contribution >= 0.6 is 11.6 Å². The van der Waals surface area contributed by atoms with Gasteiger partial charge in [-0.25, -0.2) is 9.97 Å². The highest BCUT2D eigenvalue weighted by atomic mass is 35.5. The Hall–Kier alpha value is -4.24. The number of nitrogens with one attached hydrogen (secondary N) is 4. The average molecular weight is 488 g/mol. The molecule has 4 N–H and O–H groups in total. The van der Waals surface area contributed by atoms with Gasteiger partial charge in [0.05, 0.1) is 23.5 Å². The number of fused-ring (bicyclic) bond motifs is 3. The van der Waals surface area contributed by atoms with Crippen LogP contribution in [0.1, 0.15) is 32.9 Å². The molecule has 9 nitrogen and oxygen atoms in total. The van der Waals surface area contributed by atoms with Crippen LogP contribution in [0.2, 0.25) is 5.02 Å². The normalized spacial score (nSPS) is 12.3. The zero-order valence-electron chi connectivity index (χ0n) is 19.1. The zero-order chi connectivity index (χ0) is 24.5. The number of benzene rings is 2. The van der Waals surface area contributed by atoms with E-state index in [2.05, 4.69) is 36.1 Å². The number of anilines is 3. The number of rotatable bonds is 5. The van der Waals surface area contributed by atoms with Crippen molar-refractivity contribution in [3.63, 3.8) is 0 Å². The molecule has 0 saturated carbocycles. The highest BCUT2D eigenvalue weighted by Crippen LogP contribution is 2.34. The molecule has 2 amide bonds. The van der Waals surface area contributed by atoms with Crippen molar-refractivity contribution in [1.82, 2.24) is 25.5 Å². The molecule has 1 aliphatic heterocycles. The second-order valence-corrected chi connectivity index (χ2v) is 8.72. The van der Waals surface area contributed by atoms with Gasteiger partial charge < -0.3 is 16.0 Å². The molecule has 35 heavy (non-hydrogen) atoms. The molecule has 176 valence electrons. The van der Waals surface area contributed by atoms with Crippen LogP contribution in [0.15, 0.2) is 48.7 Å². The molecule has 0 unspecified atom stereocenters. The molecule has 2 aromatic heterocycles. The van der Waals surface area contributed by atoms with Gasteiger partial charge in [0.15, 0.2) is 0 Å². The van der Waals surface area contributed by atoms with Crippen LogP contribution in [-0.2, 0) is 17.8 Å². The summed E-state index contributed by atoms with van der Waals surface area (Å²) in [4.78, 5) is 33.9. The maximum atomic E-state index is 12.6. The summed E-state index contributed by atoms with van der Waals surface area (Å²) in [7, 11) is 0. The van der Waals surface area contributed by atoms with Crippen molar-refractivity contribution in [2.45, 2.75) is 26.8 Å². The Morgan fingerprint density at radius 3 is 2.69 bits per heavy atom. The molecule has 5 rings (SSSR count). The molecule has 1 aliphatic rings. The van der Waals surface area contributed by atoms with Gasteiger partial charge in [0.2, 0.25) is 11.9 Å². The fourth-order valence-corrected chi connectivity index (χ4v) is 4.13. The predicted octanol–water partition coefficient (Wildman–Crippen LogP) is 4.31. The molecule has 0 spiro atoms. The molecule has 0 bridgehead atoms. The van der Waals surface area contributed by atoms with Crippen LogP contribution in [0, 0.1) is 13.8 Å². The van der Waals surface area contributed by atoms with E-state index in [1.807, 2.05) is 19.9 Å². The highest BCUT2D eigenvalue weighted by molar-refractivity contribution is 6.31. The van der Waals surface area contributed by atoms with E-state index < -0.39 is 0 Å². The molecular weight excluding hydrogens is 466 g/mol. The Balaban J connectivity index is 1.32. The molecule has 3 heterocycles.